The first-order chi connectivity index (χ1) is 11.2. The molecule has 1 aliphatic heterocycles. The van der Waals surface area contributed by atoms with Gasteiger partial charge in [-0.1, -0.05) is 12.1 Å². The van der Waals surface area contributed by atoms with Crippen molar-refractivity contribution >= 4 is 17.5 Å². The van der Waals surface area contributed by atoms with Crippen LogP contribution in [0.4, 0.5) is 11.5 Å². The number of ether oxygens (including phenoxy) is 1. The molecule has 2 N–H and O–H groups in total. The lowest BCUT2D eigenvalue weighted by Crippen LogP contribution is -2.26. The highest BCUT2D eigenvalue weighted by atomic mass is 16.5. The van der Waals surface area contributed by atoms with Gasteiger partial charge in [-0.25, -0.2) is 14.8 Å². The van der Waals surface area contributed by atoms with E-state index in [1.807, 2.05) is 24.3 Å². The minimum Gasteiger partial charge on any atom is -0.495 e. The van der Waals surface area contributed by atoms with Crippen LogP contribution in [-0.4, -0.2) is 47.3 Å². The molecule has 0 radical (unpaired) electrons. The Bertz CT molecular complexity index is 690. The standard InChI is InChI=1S/C16H18N4O3/c1-23-14-5-3-2-4-13(14)20-7-6-11(10-20)19-15-9-17-12(8-18-15)16(21)22/h2-5,8-9,11H,6-7,10H2,1H3,(H,18,19)(H,21,22). The lowest BCUT2D eigenvalue weighted by molar-refractivity contribution is 0.0690. The maximum Gasteiger partial charge on any atom is 0.356 e. The predicted molar refractivity (Wildman–Crippen MR) is 86.2 cm³/mol. The molecular formula is C16H18N4O3. The largest absolute Gasteiger partial charge is 0.495 e. The molecule has 7 nitrogen and oxygen atoms in total. The van der Waals surface area contributed by atoms with Crippen LogP contribution in [0.15, 0.2) is 36.7 Å². The smallest absolute Gasteiger partial charge is 0.356 e. The molecule has 2 heterocycles. The molecule has 2 aromatic rings. The zero-order valence-corrected chi connectivity index (χ0v) is 12.8. The van der Waals surface area contributed by atoms with E-state index in [2.05, 4.69) is 20.2 Å². The van der Waals surface area contributed by atoms with E-state index >= 15 is 0 Å². The number of anilines is 2. The molecule has 1 atom stereocenters. The third-order valence-corrected chi connectivity index (χ3v) is 3.84. The SMILES string of the molecule is COc1ccccc1N1CCC(Nc2cnc(C(=O)O)cn2)C1. The van der Waals surface area contributed by atoms with E-state index in [1.165, 1.54) is 12.4 Å². The Morgan fingerprint density at radius 3 is 2.87 bits per heavy atom. The lowest BCUT2D eigenvalue weighted by Gasteiger charge is -2.21. The number of methoxy groups -OCH3 is 1. The van der Waals surface area contributed by atoms with Crippen molar-refractivity contribution in [2.45, 2.75) is 12.5 Å². The molecule has 1 unspecified atom stereocenters. The molecule has 3 rings (SSSR count). The summed E-state index contributed by atoms with van der Waals surface area (Å²) in [7, 11) is 1.67. The number of rotatable bonds is 5. The van der Waals surface area contributed by atoms with Gasteiger partial charge in [-0.05, 0) is 18.6 Å². The second kappa shape index (κ2) is 6.51. The fraction of sp³-hybridized carbons (Fsp3) is 0.312. The number of aromatic carboxylic acids is 1. The zero-order valence-electron chi connectivity index (χ0n) is 12.8. The third kappa shape index (κ3) is 3.33. The number of hydrogen-bond donors (Lipinski definition) is 2. The van der Waals surface area contributed by atoms with Crippen LogP contribution < -0.4 is 15.0 Å². The Balaban J connectivity index is 1.64. The molecule has 0 aliphatic carbocycles. The van der Waals surface area contributed by atoms with Crippen molar-refractivity contribution in [2.24, 2.45) is 0 Å². The molecule has 1 saturated heterocycles. The van der Waals surface area contributed by atoms with Crippen LogP contribution in [0.2, 0.25) is 0 Å². The van der Waals surface area contributed by atoms with Crippen molar-refractivity contribution in [3.8, 4) is 5.75 Å². The van der Waals surface area contributed by atoms with E-state index in [1.54, 1.807) is 7.11 Å². The molecule has 0 amide bonds. The summed E-state index contributed by atoms with van der Waals surface area (Å²) in [6.07, 6.45) is 3.67. The molecule has 1 aromatic heterocycles. The van der Waals surface area contributed by atoms with Crippen LogP contribution in [0.25, 0.3) is 0 Å². The minimum atomic E-state index is -1.08. The molecule has 1 aliphatic rings. The quantitative estimate of drug-likeness (QED) is 0.871. The highest BCUT2D eigenvalue weighted by Crippen LogP contribution is 2.30. The van der Waals surface area contributed by atoms with Crippen molar-refractivity contribution in [3.05, 3.63) is 42.4 Å². The molecule has 0 saturated carbocycles. The first-order valence-electron chi connectivity index (χ1n) is 7.37. The summed E-state index contributed by atoms with van der Waals surface area (Å²) in [6.45, 7) is 1.74. The fourth-order valence-electron chi connectivity index (χ4n) is 2.71. The Morgan fingerprint density at radius 1 is 1.35 bits per heavy atom. The van der Waals surface area contributed by atoms with Gasteiger partial charge in [0.15, 0.2) is 5.69 Å². The number of nitrogens with zero attached hydrogens (tertiary/aromatic N) is 3. The molecule has 0 spiro atoms. The van der Waals surface area contributed by atoms with E-state index in [4.69, 9.17) is 9.84 Å². The van der Waals surface area contributed by atoms with Gasteiger partial charge in [0.2, 0.25) is 0 Å². The van der Waals surface area contributed by atoms with Crippen LogP contribution in [0.3, 0.4) is 0 Å². The lowest BCUT2D eigenvalue weighted by atomic mass is 10.2. The van der Waals surface area contributed by atoms with E-state index in [0.717, 1.165) is 30.9 Å². The highest BCUT2D eigenvalue weighted by molar-refractivity contribution is 5.84. The first kappa shape index (κ1) is 15.1. The Labute approximate surface area is 133 Å². The van der Waals surface area contributed by atoms with Crippen LogP contribution in [0.1, 0.15) is 16.9 Å². The van der Waals surface area contributed by atoms with Gasteiger partial charge in [0, 0.05) is 19.1 Å². The number of para-hydroxylation sites is 2. The van der Waals surface area contributed by atoms with Crippen molar-refractivity contribution < 1.29 is 14.6 Å². The van der Waals surface area contributed by atoms with E-state index in [-0.39, 0.29) is 11.7 Å². The Kier molecular flexibility index (Phi) is 4.27. The summed E-state index contributed by atoms with van der Waals surface area (Å²) in [5, 5.41) is 12.1. The molecule has 1 fully saturated rings. The fourth-order valence-corrected chi connectivity index (χ4v) is 2.71. The number of hydrogen-bond acceptors (Lipinski definition) is 6. The van der Waals surface area contributed by atoms with E-state index in [0.29, 0.717) is 5.82 Å². The van der Waals surface area contributed by atoms with Crippen LogP contribution in [0, 0.1) is 0 Å². The van der Waals surface area contributed by atoms with E-state index < -0.39 is 5.97 Å². The molecule has 7 heteroatoms. The molecule has 0 bridgehead atoms. The van der Waals surface area contributed by atoms with Gasteiger partial charge < -0.3 is 20.1 Å². The summed E-state index contributed by atoms with van der Waals surface area (Å²) in [5.74, 6) is 0.368. The number of carboxylic acid groups (broad SMARTS) is 1. The van der Waals surface area contributed by atoms with E-state index in [9.17, 15) is 4.79 Å². The second-order valence-corrected chi connectivity index (χ2v) is 5.34. The Hall–Kier alpha value is -2.83. The van der Waals surface area contributed by atoms with Gasteiger partial charge in [0.25, 0.3) is 0 Å². The van der Waals surface area contributed by atoms with Gasteiger partial charge in [0.05, 0.1) is 25.2 Å². The monoisotopic (exact) mass is 314 g/mol. The highest BCUT2D eigenvalue weighted by Gasteiger charge is 2.24. The predicted octanol–water partition coefficient (Wildman–Crippen LogP) is 1.87. The second-order valence-electron chi connectivity index (χ2n) is 5.34. The van der Waals surface area contributed by atoms with Gasteiger partial charge in [-0.3, -0.25) is 0 Å². The van der Waals surface area contributed by atoms with Crippen molar-refractivity contribution in [1.29, 1.82) is 0 Å². The van der Waals surface area contributed by atoms with Gasteiger partial charge >= 0.3 is 5.97 Å². The van der Waals surface area contributed by atoms with Crippen LogP contribution in [0.5, 0.6) is 5.75 Å². The normalized spacial score (nSPS) is 17.1. The number of aromatic nitrogens is 2. The topological polar surface area (TPSA) is 87.6 Å². The molecular weight excluding hydrogens is 296 g/mol. The third-order valence-electron chi connectivity index (χ3n) is 3.84. The van der Waals surface area contributed by atoms with Crippen LogP contribution in [-0.2, 0) is 0 Å². The molecule has 23 heavy (non-hydrogen) atoms. The average Bonchev–Trinajstić information content (AvgIpc) is 3.03. The number of benzene rings is 1. The van der Waals surface area contributed by atoms with Crippen molar-refractivity contribution in [3.63, 3.8) is 0 Å². The van der Waals surface area contributed by atoms with Gasteiger partial charge in [-0.15, -0.1) is 0 Å². The summed E-state index contributed by atoms with van der Waals surface area (Å²) >= 11 is 0. The van der Waals surface area contributed by atoms with Crippen LogP contribution >= 0.6 is 0 Å². The maximum atomic E-state index is 10.8. The Morgan fingerprint density at radius 2 is 2.17 bits per heavy atom. The average molecular weight is 314 g/mol. The number of carboxylic acids is 1. The van der Waals surface area contributed by atoms with Gasteiger partial charge in [-0.2, -0.15) is 0 Å². The molecule has 1 aromatic carbocycles. The summed E-state index contributed by atoms with van der Waals surface area (Å²) in [6, 6.07) is 8.17. The summed E-state index contributed by atoms with van der Waals surface area (Å²) < 4.78 is 5.41. The molecule has 120 valence electrons. The minimum absolute atomic E-state index is 0.0578. The zero-order chi connectivity index (χ0) is 16.2. The van der Waals surface area contributed by atoms with Gasteiger partial charge in [0.1, 0.15) is 11.6 Å². The van der Waals surface area contributed by atoms with Crippen molar-refractivity contribution in [1.82, 2.24) is 9.97 Å². The first-order valence-corrected chi connectivity index (χ1v) is 7.37. The summed E-state index contributed by atoms with van der Waals surface area (Å²) in [5.41, 5.74) is 1.02. The maximum absolute atomic E-state index is 10.8. The number of carbonyl (C=O) groups is 1. The van der Waals surface area contributed by atoms with Crippen molar-refractivity contribution in [2.75, 3.05) is 30.4 Å². The number of nitrogens with one attached hydrogen (secondary N) is 1. The summed E-state index contributed by atoms with van der Waals surface area (Å²) in [4.78, 5) is 21.0.